The van der Waals surface area contributed by atoms with E-state index in [9.17, 15) is 4.79 Å². The zero-order valence-corrected chi connectivity index (χ0v) is 14.9. The van der Waals surface area contributed by atoms with E-state index < -0.39 is 0 Å². The Morgan fingerprint density at radius 2 is 1.96 bits per heavy atom. The quantitative estimate of drug-likeness (QED) is 0.883. The number of nitrogens with zero attached hydrogens (tertiary/aromatic N) is 4. The molecule has 0 aliphatic carbocycles. The van der Waals surface area contributed by atoms with Crippen molar-refractivity contribution in [2.75, 3.05) is 5.32 Å². The summed E-state index contributed by atoms with van der Waals surface area (Å²) in [5.74, 6) is 1.29. The van der Waals surface area contributed by atoms with Gasteiger partial charge in [-0.2, -0.15) is 10.2 Å². The van der Waals surface area contributed by atoms with Crippen molar-refractivity contribution in [3.8, 4) is 0 Å². The second-order valence-corrected chi connectivity index (χ2v) is 6.52. The summed E-state index contributed by atoms with van der Waals surface area (Å²) < 4.78 is 3.61. The average molecular weight is 317 g/mol. The van der Waals surface area contributed by atoms with Crippen LogP contribution in [0.4, 0.5) is 5.82 Å². The third-order valence-corrected chi connectivity index (χ3v) is 4.19. The lowest BCUT2D eigenvalue weighted by Gasteiger charge is -2.19. The number of carbonyl (C=O) groups is 1. The summed E-state index contributed by atoms with van der Waals surface area (Å²) >= 11 is 0. The predicted molar refractivity (Wildman–Crippen MR) is 91.7 cm³/mol. The van der Waals surface area contributed by atoms with Gasteiger partial charge < -0.3 is 5.32 Å². The summed E-state index contributed by atoms with van der Waals surface area (Å²) in [7, 11) is 0. The molecule has 2 rings (SSSR count). The molecule has 0 bridgehead atoms. The Hall–Kier alpha value is -2.11. The molecule has 23 heavy (non-hydrogen) atoms. The van der Waals surface area contributed by atoms with Crippen molar-refractivity contribution in [1.29, 1.82) is 0 Å². The highest BCUT2D eigenvalue weighted by Gasteiger charge is 2.19. The number of aryl methyl sites for hydroxylation is 1. The molecule has 0 aliphatic heterocycles. The van der Waals surface area contributed by atoms with Crippen LogP contribution in [0.1, 0.15) is 69.7 Å². The van der Waals surface area contributed by atoms with E-state index in [1.807, 2.05) is 23.7 Å². The largest absolute Gasteiger partial charge is 0.305 e. The van der Waals surface area contributed by atoms with E-state index in [1.165, 1.54) is 0 Å². The number of anilines is 1. The fourth-order valence-electron chi connectivity index (χ4n) is 2.34. The van der Waals surface area contributed by atoms with Crippen LogP contribution in [0.5, 0.6) is 0 Å². The van der Waals surface area contributed by atoms with Gasteiger partial charge in [-0.1, -0.05) is 27.7 Å². The van der Waals surface area contributed by atoms with E-state index in [0.717, 1.165) is 5.69 Å². The van der Waals surface area contributed by atoms with Crippen LogP contribution in [0.15, 0.2) is 18.3 Å². The molecule has 0 saturated heterocycles. The molecule has 1 atom stereocenters. The molecule has 0 unspecified atom stereocenters. The lowest BCUT2D eigenvalue weighted by Crippen LogP contribution is -2.22. The maximum atomic E-state index is 12.7. The Labute approximate surface area is 137 Å². The van der Waals surface area contributed by atoms with E-state index in [-0.39, 0.29) is 11.9 Å². The van der Waals surface area contributed by atoms with E-state index in [4.69, 9.17) is 0 Å². The smallest absolute Gasteiger partial charge is 0.275 e. The highest BCUT2D eigenvalue weighted by Crippen LogP contribution is 2.22. The van der Waals surface area contributed by atoms with Gasteiger partial charge in [0.1, 0.15) is 11.5 Å². The second kappa shape index (κ2) is 6.98. The van der Waals surface area contributed by atoms with Crippen molar-refractivity contribution >= 4 is 11.7 Å². The summed E-state index contributed by atoms with van der Waals surface area (Å²) in [6.07, 6.45) is 1.71. The highest BCUT2D eigenvalue weighted by atomic mass is 16.2. The molecule has 2 aromatic rings. The maximum absolute atomic E-state index is 12.7. The monoisotopic (exact) mass is 317 g/mol. The molecular weight excluding hydrogens is 290 g/mol. The molecule has 1 amide bonds. The molecule has 0 aliphatic rings. The van der Waals surface area contributed by atoms with E-state index in [2.05, 4.69) is 50.1 Å². The number of carbonyl (C=O) groups excluding carboxylic acids is 1. The third kappa shape index (κ3) is 3.63. The Kier molecular flexibility index (Phi) is 5.23. The van der Waals surface area contributed by atoms with Crippen molar-refractivity contribution in [1.82, 2.24) is 19.6 Å². The van der Waals surface area contributed by atoms with Crippen LogP contribution < -0.4 is 5.32 Å². The number of rotatable bonds is 6. The lowest BCUT2D eigenvalue weighted by atomic mass is 10.1. The van der Waals surface area contributed by atoms with E-state index >= 15 is 0 Å². The third-order valence-electron chi connectivity index (χ3n) is 4.19. The minimum atomic E-state index is -0.149. The van der Waals surface area contributed by atoms with Gasteiger partial charge in [0, 0.05) is 12.6 Å². The van der Waals surface area contributed by atoms with Crippen LogP contribution in [0.3, 0.4) is 0 Å². The van der Waals surface area contributed by atoms with E-state index in [0.29, 0.717) is 29.9 Å². The molecular formula is C17H27N5O. The van der Waals surface area contributed by atoms with Gasteiger partial charge in [0.2, 0.25) is 0 Å². The lowest BCUT2D eigenvalue weighted by molar-refractivity contribution is 0.101. The molecule has 1 N–H and O–H groups in total. The van der Waals surface area contributed by atoms with Gasteiger partial charge >= 0.3 is 0 Å². The predicted octanol–water partition coefficient (Wildman–Crippen LogP) is 3.69. The maximum Gasteiger partial charge on any atom is 0.275 e. The van der Waals surface area contributed by atoms with Gasteiger partial charge in [-0.05, 0) is 31.7 Å². The standard InChI is InChI=1S/C17H27N5O/c1-7-21-15(10-14(20-21)12(4)5)17(23)19-16-8-9-18-22(16)13(6)11(2)3/h8-13H,7H2,1-6H3,(H,19,23)/t13-/m0/s1. The van der Waals surface area contributed by atoms with Crippen LogP contribution >= 0.6 is 0 Å². The number of amides is 1. The first kappa shape index (κ1) is 17.2. The number of aromatic nitrogens is 4. The second-order valence-electron chi connectivity index (χ2n) is 6.52. The van der Waals surface area contributed by atoms with Crippen molar-refractivity contribution < 1.29 is 4.79 Å². The highest BCUT2D eigenvalue weighted by molar-refractivity contribution is 6.02. The minimum Gasteiger partial charge on any atom is -0.305 e. The average Bonchev–Trinajstić information content (AvgIpc) is 3.12. The molecule has 126 valence electrons. The topological polar surface area (TPSA) is 64.7 Å². The van der Waals surface area contributed by atoms with Crippen molar-refractivity contribution in [3.05, 3.63) is 29.7 Å². The Bertz CT molecular complexity index is 668. The van der Waals surface area contributed by atoms with Gasteiger partial charge in [0.25, 0.3) is 5.91 Å². The first-order valence-corrected chi connectivity index (χ1v) is 8.27. The van der Waals surface area contributed by atoms with Gasteiger partial charge in [-0.15, -0.1) is 0 Å². The zero-order chi connectivity index (χ0) is 17.1. The van der Waals surface area contributed by atoms with Crippen LogP contribution in [-0.4, -0.2) is 25.5 Å². The molecule has 0 fully saturated rings. The van der Waals surface area contributed by atoms with Gasteiger partial charge in [0.15, 0.2) is 0 Å². The van der Waals surface area contributed by atoms with Crippen molar-refractivity contribution in [3.63, 3.8) is 0 Å². The molecule has 0 saturated carbocycles. The summed E-state index contributed by atoms with van der Waals surface area (Å²) in [4.78, 5) is 12.7. The normalized spacial score (nSPS) is 12.9. The molecule has 2 heterocycles. The Morgan fingerprint density at radius 1 is 1.26 bits per heavy atom. The summed E-state index contributed by atoms with van der Waals surface area (Å²) in [5, 5.41) is 11.8. The van der Waals surface area contributed by atoms with Crippen molar-refractivity contribution in [2.24, 2.45) is 5.92 Å². The molecule has 0 spiro atoms. The number of hydrogen-bond acceptors (Lipinski definition) is 3. The van der Waals surface area contributed by atoms with Crippen LogP contribution in [-0.2, 0) is 6.54 Å². The SMILES string of the molecule is CCn1nc(C(C)C)cc1C(=O)Nc1ccnn1[C@@H](C)C(C)C. The first-order valence-electron chi connectivity index (χ1n) is 8.27. The fourth-order valence-corrected chi connectivity index (χ4v) is 2.34. The van der Waals surface area contributed by atoms with E-state index in [1.54, 1.807) is 10.9 Å². The minimum absolute atomic E-state index is 0.149. The summed E-state index contributed by atoms with van der Waals surface area (Å²) in [6.45, 7) is 13.2. The van der Waals surface area contributed by atoms with Crippen molar-refractivity contribution in [2.45, 2.75) is 60.0 Å². The first-order chi connectivity index (χ1) is 10.8. The van der Waals surface area contributed by atoms with Gasteiger partial charge in [-0.3, -0.25) is 9.48 Å². The summed E-state index contributed by atoms with van der Waals surface area (Å²) in [5.41, 5.74) is 1.52. The number of hydrogen-bond donors (Lipinski definition) is 1. The Balaban J connectivity index is 2.25. The van der Waals surface area contributed by atoms with Crippen LogP contribution in [0.25, 0.3) is 0 Å². The zero-order valence-electron chi connectivity index (χ0n) is 14.9. The van der Waals surface area contributed by atoms with Crippen LogP contribution in [0.2, 0.25) is 0 Å². The van der Waals surface area contributed by atoms with Crippen LogP contribution in [0, 0.1) is 5.92 Å². The molecule has 0 radical (unpaired) electrons. The Morgan fingerprint density at radius 3 is 2.52 bits per heavy atom. The molecule has 0 aromatic carbocycles. The summed E-state index contributed by atoms with van der Waals surface area (Å²) in [6, 6.07) is 3.91. The molecule has 6 nitrogen and oxygen atoms in total. The molecule has 6 heteroatoms. The molecule has 2 aromatic heterocycles. The fraction of sp³-hybridized carbons (Fsp3) is 0.588. The van der Waals surface area contributed by atoms with Gasteiger partial charge in [-0.25, -0.2) is 4.68 Å². The van der Waals surface area contributed by atoms with Gasteiger partial charge in [0.05, 0.1) is 17.9 Å². The number of nitrogens with one attached hydrogen (secondary N) is 1.